The van der Waals surface area contributed by atoms with Gasteiger partial charge in [-0.15, -0.1) is 0 Å². The summed E-state index contributed by atoms with van der Waals surface area (Å²) >= 11 is 11.7. The highest BCUT2D eigenvalue weighted by Gasteiger charge is 2.12. The second kappa shape index (κ2) is 5.38. The third kappa shape index (κ3) is 3.10. The summed E-state index contributed by atoms with van der Waals surface area (Å²) in [4.78, 5) is 12.0. The van der Waals surface area contributed by atoms with Gasteiger partial charge in [-0.2, -0.15) is 0 Å². The third-order valence-electron chi connectivity index (χ3n) is 2.46. The van der Waals surface area contributed by atoms with Crippen LogP contribution in [0.5, 0.6) is 5.75 Å². The topological polar surface area (TPSA) is 75.3 Å². The number of carbonyl (C=O) groups is 1. The molecule has 0 atom stereocenters. The number of benzene rings is 2. The maximum atomic E-state index is 12.0. The van der Waals surface area contributed by atoms with Gasteiger partial charge in [0, 0.05) is 10.7 Å². The molecule has 0 saturated carbocycles. The smallest absolute Gasteiger partial charge is 0.257 e. The molecule has 19 heavy (non-hydrogen) atoms. The standard InChI is InChI=1S/C13H10Cl2N2O2/c14-7-1-4-12(10(15)5-7)17-13(19)9-6-8(18)2-3-11(9)16/h1-6,18H,16H2,(H,17,19). The predicted octanol–water partition coefficient (Wildman–Crippen LogP) is 3.53. The Hall–Kier alpha value is -1.91. The highest BCUT2D eigenvalue weighted by Crippen LogP contribution is 2.27. The fourth-order valence-corrected chi connectivity index (χ4v) is 1.98. The van der Waals surface area contributed by atoms with Crippen LogP contribution in [0, 0.1) is 0 Å². The zero-order valence-corrected chi connectivity index (χ0v) is 11.2. The van der Waals surface area contributed by atoms with Crippen molar-refractivity contribution in [2.24, 2.45) is 0 Å². The number of nitrogens with one attached hydrogen (secondary N) is 1. The van der Waals surface area contributed by atoms with E-state index in [1.807, 2.05) is 0 Å². The number of phenols is 1. The Balaban J connectivity index is 2.28. The van der Waals surface area contributed by atoms with E-state index in [9.17, 15) is 9.90 Å². The summed E-state index contributed by atoms with van der Waals surface area (Å²) in [5, 5.41) is 12.8. The lowest BCUT2D eigenvalue weighted by Gasteiger charge is -2.09. The number of halogens is 2. The van der Waals surface area contributed by atoms with Gasteiger partial charge in [0.2, 0.25) is 0 Å². The molecule has 0 heterocycles. The van der Waals surface area contributed by atoms with E-state index in [-0.39, 0.29) is 17.0 Å². The molecular formula is C13H10Cl2N2O2. The van der Waals surface area contributed by atoms with Gasteiger partial charge in [-0.1, -0.05) is 23.2 Å². The molecule has 4 N–H and O–H groups in total. The summed E-state index contributed by atoms with van der Waals surface area (Å²) < 4.78 is 0. The average Bonchev–Trinajstić information content (AvgIpc) is 2.35. The first-order valence-electron chi connectivity index (χ1n) is 5.32. The van der Waals surface area contributed by atoms with Crippen LogP contribution < -0.4 is 11.1 Å². The van der Waals surface area contributed by atoms with Crippen molar-refractivity contribution < 1.29 is 9.90 Å². The van der Waals surface area contributed by atoms with Gasteiger partial charge in [-0.3, -0.25) is 4.79 Å². The Morgan fingerprint density at radius 3 is 2.58 bits per heavy atom. The zero-order valence-electron chi connectivity index (χ0n) is 9.65. The fraction of sp³-hybridized carbons (Fsp3) is 0. The van der Waals surface area contributed by atoms with Crippen LogP contribution in [0.3, 0.4) is 0 Å². The Morgan fingerprint density at radius 2 is 1.89 bits per heavy atom. The summed E-state index contributed by atoms with van der Waals surface area (Å²) in [5.41, 5.74) is 6.53. The molecule has 0 aromatic heterocycles. The molecule has 6 heteroatoms. The summed E-state index contributed by atoms with van der Waals surface area (Å²) in [7, 11) is 0. The van der Waals surface area contributed by atoms with Crippen LogP contribution in [0.4, 0.5) is 11.4 Å². The van der Waals surface area contributed by atoms with Gasteiger partial charge in [-0.25, -0.2) is 0 Å². The molecule has 0 spiro atoms. The first-order valence-corrected chi connectivity index (χ1v) is 6.08. The molecule has 0 unspecified atom stereocenters. The van der Waals surface area contributed by atoms with Crippen molar-refractivity contribution in [3.05, 3.63) is 52.0 Å². The van der Waals surface area contributed by atoms with Crippen LogP contribution in [0.1, 0.15) is 10.4 Å². The minimum absolute atomic E-state index is 0.0402. The van der Waals surface area contributed by atoms with E-state index in [4.69, 9.17) is 28.9 Å². The van der Waals surface area contributed by atoms with Gasteiger partial charge in [0.25, 0.3) is 5.91 Å². The number of amides is 1. The van der Waals surface area contributed by atoms with Crippen LogP contribution >= 0.6 is 23.2 Å². The molecule has 0 aliphatic carbocycles. The Labute approximate surface area is 119 Å². The Morgan fingerprint density at radius 1 is 1.16 bits per heavy atom. The second-order valence-electron chi connectivity index (χ2n) is 3.85. The molecule has 2 aromatic rings. The van der Waals surface area contributed by atoms with E-state index in [2.05, 4.69) is 5.32 Å². The number of hydrogen-bond acceptors (Lipinski definition) is 3. The quantitative estimate of drug-likeness (QED) is 0.586. The molecule has 0 fully saturated rings. The number of carbonyl (C=O) groups excluding carboxylic acids is 1. The second-order valence-corrected chi connectivity index (χ2v) is 4.69. The van der Waals surface area contributed by atoms with E-state index in [0.717, 1.165) is 0 Å². The van der Waals surface area contributed by atoms with Gasteiger partial charge in [0.1, 0.15) is 5.75 Å². The molecule has 98 valence electrons. The molecule has 2 aromatic carbocycles. The molecule has 0 aliphatic heterocycles. The molecule has 0 saturated heterocycles. The molecule has 4 nitrogen and oxygen atoms in total. The number of rotatable bonds is 2. The zero-order chi connectivity index (χ0) is 14.0. The summed E-state index contributed by atoms with van der Waals surface area (Å²) in [5.74, 6) is -0.501. The SMILES string of the molecule is Nc1ccc(O)cc1C(=O)Nc1ccc(Cl)cc1Cl. The number of aromatic hydroxyl groups is 1. The molecular weight excluding hydrogens is 287 g/mol. The van der Waals surface area contributed by atoms with Gasteiger partial charge < -0.3 is 16.2 Å². The van der Waals surface area contributed by atoms with Crippen molar-refractivity contribution in [2.45, 2.75) is 0 Å². The predicted molar refractivity (Wildman–Crippen MR) is 76.9 cm³/mol. The van der Waals surface area contributed by atoms with E-state index >= 15 is 0 Å². The number of nitrogen functional groups attached to an aromatic ring is 1. The minimum Gasteiger partial charge on any atom is -0.508 e. The van der Waals surface area contributed by atoms with Gasteiger partial charge in [0.05, 0.1) is 16.3 Å². The van der Waals surface area contributed by atoms with Crippen LogP contribution in [-0.4, -0.2) is 11.0 Å². The number of hydrogen-bond donors (Lipinski definition) is 3. The summed E-state index contributed by atoms with van der Waals surface area (Å²) in [6.45, 7) is 0. The first-order chi connectivity index (χ1) is 8.97. The Bertz CT molecular complexity index is 645. The average molecular weight is 297 g/mol. The molecule has 0 bridgehead atoms. The molecule has 0 aliphatic rings. The van der Waals surface area contributed by atoms with E-state index < -0.39 is 5.91 Å². The van der Waals surface area contributed by atoms with Crippen molar-refractivity contribution in [3.8, 4) is 5.75 Å². The first kappa shape index (κ1) is 13.5. The van der Waals surface area contributed by atoms with Crippen LogP contribution in [0.2, 0.25) is 10.0 Å². The van der Waals surface area contributed by atoms with Crippen molar-refractivity contribution in [3.63, 3.8) is 0 Å². The molecule has 0 radical (unpaired) electrons. The monoisotopic (exact) mass is 296 g/mol. The highest BCUT2D eigenvalue weighted by molar-refractivity contribution is 6.36. The van der Waals surface area contributed by atoms with Crippen molar-refractivity contribution >= 4 is 40.5 Å². The lowest BCUT2D eigenvalue weighted by Crippen LogP contribution is -2.14. The normalized spacial score (nSPS) is 10.2. The maximum absolute atomic E-state index is 12.0. The van der Waals surface area contributed by atoms with Crippen molar-refractivity contribution in [1.82, 2.24) is 0 Å². The minimum atomic E-state index is -0.461. The third-order valence-corrected chi connectivity index (χ3v) is 3.01. The van der Waals surface area contributed by atoms with Crippen molar-refractivity contribution in [1.29, 1.82) is 0 Å². The lowest BCUT2D eigenvalue weighted by molar-refractivity contribution is 0.102. The van der Waals surface area contributed by atoms with Gasteiger partial charge in [-0.05, 0) is 36.4 Å². The van der Waals surface area contributed by atoms with E-state index in [1.165, 1.54) is 24.3 Å². The summed E-state index contributed by atoms with van der Waals surface area (Å²) in [6, 6.07) is 8.85. The summed E-state index contributed by atoms with van der Waals surface area (Å²) in [6.07, 6.45) is 0. The Kier molecular flexibility index (Phi) is 3.83. The fourth-order valence-electron chi connectivity index (χ4n) is 1.52. The van der Waals surface area contributed by atoms with Crippen LogP contribution in [-0.2, 0) is 0 Å². The highest BCUT2D eigenvalue weighted by atomic mass is 35.5. The van der Waals surface area contributed by atoms with Gasteiger partial charge in [0.15, 0.2) is 0 Å². The largest absolute Gasteiger partial charge is 0.508 e. The number of nitrogens with two attached hydrogens (primary N) is 1. The lowest BCUT2D eigenvalue weighted by atomic mass is 10.1. The van der Waals surface area contributed by atoms with Crippen molar-refractivity contribution in [2.75, 3.05) is 11.1 Å². The van der Waals surface area contributed by atoms with Crippen LogP contribution in [0.15, 0.2) is 36.4 Å². The molecule has 2 rings (SSSR count). The van der Waals surface area contributed by atoms with Gasteiger partial charge >= 0.3 is 0 Å². The number of phenolic OH excluding ortho intramolecular Hbond substituents is 1. The molecule has 1 amide bonds. The number of anilines is 2. The van der Waals surface area contributed by atoms with E-state index in [0.29, 0.717) is 15.7 Å². The van der Waals surface area contributed by atoms with Crippen LogP contribution in [0.25, 0.3) is 0 Å². The maximum Gasteiger partial charge on any atom is 0.257 e. The van der Waals surface area contributed by atoms with E-state index in [1.54, 1.807) is 12.1 Å².